The number of unbranched alkanes of at least 4 members (excludes halogenated alkanes) is 1. The summed E-state index contributed by atoms with van der Waals surface area (Å²) in [7, 11) is 0. The summed E-state index contributed by atoms with van der Waals surface area (Å²) in [6.07, 6.45) is 4.85. The molecule has 0 rings (SSSR count). The molecule has 1 heteroatoms. The van der Waals surface area contributed by atoms with Gasteiger partial charge in [0.1, 0.15) is 0 Å². The summed E-state index contributed by atoms with van der Waals surface area (Å²) < 4.78 is 12.1. The predicted molar refractivity (Wildman–Crippen MR) is 43.6 cm³/mol. The predicted octanol–water partition coefficient (Wildman–Crippen LogP) is 3.69. The van der Waals surface area contributed by atoms with E-state index in [4.69, 9.17) is 0 Å². The van der Waals surface area contributed by atoms with Crippen molar-refractivity contribution < 1.29 is 4.39 Å². The minimum absolute atomic E-state index is 0.0521. The number of hydrogen-bond donors (Lipinski definition) is 0. The molecule has 0 N–H and O–H groups in total. The maximum Gasteiger partial charge on any atom is 0.0928 e. The fourth-order valence-corrected chi connectivity index (χ4v) is 0.827. The van der Waals surface area contributed by atoms with Gasteiger partial charge in [0.05, 0.1) is 5.83 Å². The van der Waals surface area contributed by atoms with Gasteiger partial charge in [0.15, 0.2) is 0 Å². The molecule has 0 unspecified atom stereocenters. The molecular formula is C9H17F. The molecule has 10 heavy (non-hydrogen) atoms. The van der Waals surface area contributed by atoms with Crippen LogP contribution in [-0.4, -0.2) is 0 Å². The highest BCUT2D eigenvalue weighted by atomic mass is 19.1. The Bertz CT molecular complexity index is 99.3. The van der Waals surface area contributed by atoms with Crippen molar-refractivity contribution in [1.82, 2.24) is 0 Å². The average molecular weight is 144 g/mol. The monoisotopic (exact) mass is 144 g/mol. The molecule has 0 nitrogen and oxygen atoms in total. The van der Waals surface area contributed by atoms with Gasteiger partial charge < -0.3 is 0 Å². The van der Waals surface area contributed by atoms with Gasteiger partial charge in [-0.2, -0.15) is 0 Å². The Kier molecular flexibility index (Phi) is 5.27. The largest absolute Gasteiger partial charge is 0.212 e. The Labute approximate surface area is 63.1 Å². The van der Waals surface area contributed by atoms with Crippen LogP contribution >= 0.6 is 0 Å². The third-order valence-electron chi connectivity index (χ3n) is 1.41. The third-order valence-corrected chi connectivity index (χ3v) is 1.41. The molecule has 0 aromatic rings. The lowest BCUT2D eigenvalue weighted by Gasteiger charge is -2.00. The van der Waals surface area contributed by atoms with E-state index in [1.807, 2.05) is 0 Å². The highest BCUT2D eigenvalue weighted by molar-refractivity contribution is 4.85. The summed E-state index contributed by atoms with van der Waals surface area (Å²) in [6, 6.07) is 0. The Hall–Kier alpha value is -0.330. The summed E-state index contributed by atoms with van der Waals surface area (Å²) >= 11 is 0. The van der Waals surface area contributed by atoms with Gasteiger partial charge in [0, 0.05) is 0 Å². The molecule has 60 valence electrons. The quantitative estimate of drug-likeness (QED) is 0.528. The summed E-state index contributed by atoms with van der Waals surface area (Å²) in [5.41, 5.74) is 0. The highest BCUT2D eigenvalue weighted by Gasteiger charge is 1.91. The fraction of sp³-hybridized carbons (Fsp3) is 0.778. The first-order valence-corrected chi connectivity index (χ1v) is 3.95. The Morgan fingerprint density at radius 2 is 2.10 bits per heavy atom. The molecule has 0 aromatic carbocycles. The van der Waals surface area contributed by atoms with Crippen molar-refractivity contribution in [3.8, 4) is 0 Å². The molecule has 0 saturated heterocycles. The number of halogens is 1. The van der Waals surface area contributed by atoms with Crippen LogP contribution in [0.25, 0.3) is 0 Å². The molecule has 0 radical (unpaired) electrons. The van der Waals surface area contributed by atoms with Gasteiger partial charge in [0.2, 0.25) is 0 Å². The summed E-state index contributed by atoms with van der Waals surface area (Å²) in [6.45, 7) is 5.87. The van der Waals surface area contributed by atoms with E-state index in [9.17, 15) is 4.39 Å². The van der Waals surface area contributed by atoms with Gasteiger partial charge in [-0.15, -0.1) is 0 Å². The summed E-state index contributed by atoms with van der Waals surface area (Å²) in [5.74, 6) is 0.692. The molecule has 0 spiro atoms. The minimum Gasteiger partial charge on any atom is -0.212 e. The van der Waals surface area contributed by atoms with Crippen LogP contribution in [0.3, 0.4) is 0 Å². The summed E-state index contributed by atoms with van der Waals surface area (Å²) in [5, 5.41) is 0. The number of rotatable bonds is 4. The lowest BCUT2D eigenvalue weighted by atomic mass is 10.1. The van der Waals surface area contributed by atoms with Crippen molar-refractivity contribution in [3.63, 3.8) is 0 Å². The van der Waals surface area contributed by atoms with Crippen molar-refractivity contribution in [2.24, 2.45) is 5.92 Å². The second-order valence-electron chi connectivity index (χ2n) is 3.12. The smallest absolute Gasteiger partial charge is 0.0928 e. The van der Waals surface area contributed by atoms with Crippen molar-refractivity contribution in [1.29, 1.82) is 0 Å². The Morgan fingerprint density at radius 3 is 2.50 bits per heavy atom. The zero-order valence-electron chi connectivity index (χ0n) is 7.15. The Morgan fingerprint density at radius 1 is 1.50 bits per heavy atom. The zero-order chi connectivity index (χ0) is 7.98. The second kappa shape index (κ2) is 5.45. The second-order valence-corrected chi connectivity index (χ2v) is 3.12. The van der Waals surface area contributed by atoms with Crippen LogP contribution in [0.5, 0.6) is 0 Å². The molecule has 0 saturated carbocycles. The van der Waals surface area contributed by atoms with Crippen LogP contribution in [0.1, 0.15) is 40.0 Å². The minimum atomic E-state index is -0.0521. The standard InChI is InChI=1S/C9H17F/c1-8(2)6-4-5-7-9(3)10/h7-8H,4-6H2,1-3H3/b9-7+. The van der Waals surface area contributed by atoms with E-state index in [2.05, 4.69) is 13.8 Å². The van der Waals surface area contributed by atoms with E-state index in [0.29, 0.717) is 0 Å². The van der Waals surface area contributed by atoms with Crippen LogP contribution in [0.4, 0.5) is 4.39 Å². The normalized spacial score (nSPS) is 12.7. The molecule has 0 heterocycles. The topological polar surface area (TPSA) is 0 Å². The van der Waals surface area contributed by atoms with E-state index in [-0.39, 0.29) is 5.83 Å². The van der Waals surface area contributed by atoms with Crippen molar-refractivity contribution in [3.05, 3.63) is 11.9 Å². The molecule has 0 atom stereocenters. The SMILES string of the molecule is C/C(F)=C\CCCC(C)C. The van der Waals surface area contributed by atoms with E-state index in [1.54, 1.807) is 6.08 Å². The number of allylic oxidation sites excluding steroid dienone is 2. The third kappa shape index (κ3) is 7.67. The molecule has 0 bridgehead atoms. The van der Waals surface area contributed by atoms with E-state index in [1.165, 1.54) is 13.3 Å². The lowest BCUT2D eigenvalue weighted by molar-refractivity contribution is 0.553. The molecule has 0 fully saturated rings. The van der Waals surface area contributed by atoms with Gasteiger partial charge in [-0.05, 0) is 25.7 Å². The average Bonchev–Trinajstić information content (AvgIpc) is 1.79. The molecule has 0 aliphatic rings. The first-order valence-electron chi connectivity index (χ1n) is 3.95. The van der Waals surface area contributed by atoms with Gasteiger partial charge in [-0.3, -0.25) is 0 Å². The van der Waals surface area contributed by atoms with Crippen molar-refractivity contribution >= 4 is 0 Å². The fourth-order valence-electron chi connectivity index (χ4n) is 0.827. The molecule has 0 aromatic heterocycles. The molecular weight excluding hydrogens is 127 g/mol. The van der Waals surface area contributed by atoms with Crippen LogP contribution < -0.4 is 0 Å². The number of hydrogen-bond acceptors (Lipinski definition) is 0. The van der Waals surface area contributed by atoms with E-state index < -0.39 is 0 Å². The van der Waals surface area contributed by atoms with Crippen molar-refractivity contribution in [2.45, 2.75) is 40.0 Å². The maximum absolute atomic E-state index is 12.1. The van der Waals surface area contributed by atoms with Crippen molar-refractivity contribution in [2.75, 3.05) is 0 Å². The lowest BCUT2D eigenvalue weighted by Crippen LogP contribution is -1.85. The highest BCUT2D eigenvalue weighted by Crippen LogP contribution is 2.07. The first-order chi connectivity index (χ1) is 4.63. The Balaban J connectivity index is 3.13. The van der Waals surface area contributed by atoms with E-state index in [0.717, 1.165) is 18.8 Å². The van der Waals surface area contributed by atoms with Gasteiger partial charge in [0.25, 0.3) is 0 Å². The van der Waals surface area contributed by atoms with E-state index >= 15 is 0 Å². The zero-order valence-corrected chi connectivity index (χ0v) is 7.15. The molecule has 0 aliphatic carbocycles. The summed E-state index contributed by atoms with van der Waals surface area (Å²) in [4.78, 5) is 0. The first kappa shape index (κ1) is 9.67. The van der Waals surface area contributed by atoms with Gasteiger partial charge in [-0.1, -0.05) is 26.3 Å². The van der Waals surface area contributed by atoms with Crippen LogP contribution in [0.2, 0.25) is 0 Å². The maximum atomic E-state index is 12.1. The van der Waals surface area contributed by atoms with Crippen LogP contribution in [0.15, 0.2) is 11.9 Å². The van der Waals surface area contributed by atoms with Gasteiger partial charge in [-0.25, -0.2) is 4.39 Å². The van der Waals surface area contributed by atoms with Crippen LogP contribution in [-0.2, 0) is 0 Å². The van der Waals surface area contributed by atoms with Crippen LogP contribution in [0, 0.1) is 5.92 Å². The molecule has 0 amide bonds. The molecule has 0 aliphatic heterocycles. The van der Waals surface area contributed by atoms with Gasteiger partial charge >= 0.3 is 0 Å².